The lowest BCUT2D eigenvalue weighted by atomic mass is 9.71. The van der Waals surface area contributed by atoms with Crippen molar-refractivity contribution in [2.75, 3.05) is 85.1 Å². The van der Waals surface area contributed by atoms with Crippen molar-refractivity contribution in [2.45, 2.75) is 63.2 Å². The zero-order valence-corrected chi connectivity index (χ0v) is 38.6. The van der Waals surface area contributed by atoms with Gasteiger partial charge in [-0.05, 0) is 99.3 Å². The van der Waals surface area contributed by atoms with Gasteiger partial charge in [0.1, 0.15) is 17.5 Å². The third-order valence-electron chi connectivity index (χ3n) is 14.9. The second-order valence-corrected chi connectivity index (χ2v) is 20.5. The molecule has 15 nitrogen and oxygen atoms in total. The summed E-state index contributed by atoms with van der Waals surface area (Å²) >= 11 is 1.11. The first-order valence-electron chi connectivity index (χ1n) is 22.8. The van der Waals surface area contributed by atoms with Crippen molar-refractivity contribution in [1.82, 2.24) is 34.8 Å². The Kier molecular flexibility index (Phi) is 11.5. The SMILES string of the molecule is COc1cc(-c2cn(C)c(=O)c3cc(C(=O)NC4CCN(C)CC4(F)F)sc23)cc(OC)c1CN1CC(CN2CCC3(CC2)CN(c2ccc4c(c2)CN(C2CCC(=O)NC2=O)C4=O)C3)C1. The molecule has 0 saturated carbocycles. The second kappa shape index (κ2) is 17.0. The van der Waals surface area contributed by atoms with Gasteiger partial charge in [0.2, 0.25) is 11.8 Å². The maximum Gasteiger partial charge on any atom is 0.280 e. The molecule has 6 aliphatic heterocycles. The number of benzene rings is 2. The number of aryl methyl sites for hydroxylation is 1. The maximum absolute atomic E-state index is 14.8. The van der Waals surface area contributed by atoms with Crippen LogP contribution in [0.2, 0.25) is 0 Å². The van der Waals surface area contributed by atoms with E-state index in [9.17, 15) is 32.8 Å². The number of halogens is 2. The van der Waals surface area contributed by atoms with Gasteiger partial charge in [-0.15, -0.1) is 11.3 Å². The zero-order valence-electron chi connectivity index (χ0n) is 37.8. The largest absolute Gasteiger partial charge is 0.496 e. The number of ether oxygens (including phenoxy) is 2. The van der Waals surface area contributed by atoms with Crippen molar-refractivity contribution in [3.8, 4) is 22.6 Å². The Morgan fingerprint density at radius 1 is 0.909 bits per heavy atom. The van der Waals surface area contributed by atoms with Crippen molar-refractivity contribution in [3.05, 3.63) is 74.5 Å². The molecular weight excluding hydrogens is 871 g/mol. The molecule has 0 bridgehead atoms. The number of nitrogens with zero attached hydrogens (tertiary/aromatic N) is 6. The van der Waals surface area contributed by atoms with Crippen LogP contribution in [0.15, 0.2) is 47.4 Å². The number of piperidine rings is 3. The van der Waals surface area contributed by atoms with Crippen LogP contribution in [0.25, 0.3) is 21.2 Å². The molecule has 2 N–H and O–H groups in total. The molecule has 4 amide bonds. The summed E-state index contributed by atoms with van der Waals surface area (Å²) in [7, 11) is 6.54. The van der Waals surface area contributed by atoms with Crippen molar-refractivity contribution in [3.63, 3.8) is 0 Å². The summed E-state index contributed by atoms with van der Waals surface area (Å²) in [5, 5.41) is 5.26. The number of methoxy groups -OCH3 is 2. The Bertz CT molecular complexity index is 2660. The minimum Gasteiger partial charge on any atom is -0.496 e. The van der Waals surface area contributed by atoms with Crippen LogP contribution in [-0.2, 0) is 29.7 Å². The topological polar surface area (TPSA) is 149 Å². The number of carbonyl (C=O) groups excluding carboxylic acids is 4. The summed E-state index contributed by atoms with van der Waals surface area (Å²) < 4.78 is 43.6. The number of fused-ring (bicyclic) bond motifs is 2. The number of carbonyl (C=O) groups is 4. The summed E-state index contributed by atoms with van der Waals surface area (Å²) in [5.74, 6) is -2.68. The van der Waals surface area contributed by atoms with Crippen molar-refractivity contribution in [2.24, 2.45) is 18.4 Å². The number of anilines is 1. The van der Waals surface area contributed by atoms with Gasteiger partial charge in [-0.3, -0.25) is 34.2 Å². The molecule has 5 saturated heterocycles. The van der Waals surface area contributed by atoms with Crippen LogP contribution in [0, 0.1) is 11.3 Å². The molecule has 4 aromatic rings. The molecule has 2 aromatic heterocycles. The average Bonchev–Trinajstić information content (AvgIpc) is 3.86. The number of pyridine rings is 1. The quantitative estimate of drug-likeness (QED) is 0.209. The van der Waals surface area contributed by atoms with Gasteiger partial charge >= 0.3 is 0 Å². The first-order chi connectivity index (χ1) is 31.6. The van der Waals surface area contributed by atoms with Crippen LogP contribution < -0.4 is 30.6 Å². The fourth-order valence-electron chi connectivity index (χ4n) is 11.1. The van der Waals surface area contributed by atoms with E-state index in [1.165, 1.54) is 10.6 Å². The minimum atomic E-state index is -3.07. The van der Waals surface area contributed by atoms with Crippen LogP contribution in [0.4, 0.5) is 14.5 Å². The van der Waals surface area contributed by atoms with E-state index in [1.807, 2.05) is 24.3 Å². The van der Waals surface area contributed by atoms with Gasteiger partial charge in [-0.1, -0.05) is 0 Å². The number of nitrogens with one attached hydrogen (secondary N) is 2. The number of imide groups is 1. The number of aromatic nitrogens is 1. The van der Waals surface area contributed by atoms with Gasteiger partial charge in [0, 0.05) is 99.0 Å². The molecule has 0 radical (unpaired) electrons. The number of amides is 4. The van der Waals surface area contributed by atoms with Crippen LogP contribution in [0.1, 0.15) is 63.3 Å². The lowest BCUT2D eigenvalue weighted by Gasteiger charge is -2.55. The molecule has 2 atom stereocenters. The molecule has 66 heavy (non-hydrogen) atoms. The molecule has 8 heterocycles. The Morgan fingerprint density at radius 3 is 2.32 bits per heavy atom. The monoisotopic (exact) mass is 926 g/mol. The highest BCUT2D eigenvalue weighted by molar-refractivity contribution is 7.21. The van der Waals surface area contributed by atoms with Gasteiger partial charge in [0.25, 0.3) is 23.3 Å². The smallest absolute Gasteiger partial charge is 0.280 e. The summed E-state index contributed by atoms with van der Waals surface area (Å²) in [5.41, 5.74) is 5.05. The Morgan fingerprint density at radius 2 is 1.64 bits per heavy atom. The first kappa shape index (κ1) is 44.4. The summed E-state index contributed by atoms with van der Waals surface area (Å²) in [6.07, 6.45) is 4.74. The van der Waals surface area contributed by atoms with Crippen LogP contribution in [0.5, 0.6) is 11.5 Å². The Balaban J connectivity index is 0.735. The van der Waals surface area contributed by atoms with Crippen LogP contribution in [0.3, 0.4) is 0 Å². The molecular formula is C48H56F2N8O7S. The second-order valence-electron chi connectivity index (χ2n) is 19.4. The number of alkyl halides is 2. The predicted octanol–water partition coefficient (Wildman–Crippen LogP) is 4.15. The molecule has 2 unspecified atom stereocenters. The van der Waals surface area contributed by atoms with Gasteiger partial charge in [0.15, 0.2) is 0 Å². The molecule has 5 fully saturated rings. The fraction of sp³-hybridized carbons (Fsp3) is 0.521. The summed E-state index contributed by atoms with van der Waals surface area (Å²) in [4.78, 5) is 74.8. The predicted molar refractivity (Wildman–Crippen MR) is 245 cm³/mol. The van der Waals surface area contributed by atoms with Gasteiger partial charge in [-0.25, -0.2) is 8.78 Å². The number of hydrogen-bond acceptors (Lipinski definition) is 12. The molecule has 6 aliphatic rings. The van der Waals surface area contributed by atoms with E-state index in [1.54, 1.807) is 44.3 Å². The Labute approximate surface area is 385 Å². The summed E-state index contributed by atoms with van der Waals surface area (Å²) in [6.45, 7) is 8.11. The molecule has 2 aromatic carbocycles. The van der Waals surface area contributed by atoms with Crippen molar-refractivity contribution >= 4 is 50.7 Å². The molecule has 10 rings (SSSR count). The van der Waals surface area contributed by atoms with E-state index < -0.39 is 36.4 Å². The van der Waals surface area contributed by atoms with Crippen LogP contribution >= 0.6 is 11.3 Å². The number of likely N-dealkylation sites (tertiary alicyclic amines) is 3. The van der Waals surface area contributed by atoms with Gasteiger partial charge in [0.05, 0.1) is 42.6 Å². The normalized spacial score (nSPS) is 23.5. The van der Waals surface area contributed by atoms with Crippen LogP contribution in [-0.4, -0.2) is 146 Å². The van der Waals surface area contributed by atoms with Gasteiger partial charge in [-0.2, -0.15) is 0 Å². The molecule has 0 aliphatic carbocycles. The Hall–Kier alpha value is -5.43. The highest BCUT2D eigenvalue weighted by Crippen LogP contribution is 2.45. The number of thiophene rings is 1. The molecule has 18 heteroatoms. The molecule has 350 valence electrons. The van der Waals surface area contributed by atoms with E-state index in [0.29, 0.717) is 70.1 Å². The third kappa shape index (κ3) is 8.12. The standard InChI is InChI=1S/C48H56F2N8O7S/c1-53-12-9-40(48(49,50)27-53)51-44(61)39-18-33-42(66-39)34(23-54(2)45(33)62)29-16-37(64-3)35(38(17-29)65-4)24-56-20-28(21-56)19-55-13-10-47(11-14-55)25-57(26-47)31-5-6-32-30(15-31)22-58(46(32)63)36-7-8-41(59)52-43(36)60/h5-6,15-18,23,28,36,40H,7-14,19-22,24-27H2,1-4H3,(H,51,61)(H,52,59,60). The van der Waals surface area contributed by atoms with E-state index >= 15 is 0 Å². The fourth-order valence-corrected chi connectivity index (χ4v) is 12.2. The highest BCUT2D eigenvalue weighted by Gasteiger charge is 2.47. The lowest BCUT2D eigenvalue weighted by molar-refractivity contribution is -0.136. The van der Waals surface area contributed by atoms with Crippen molar-refractivity contribution in [1.29, 1.82) is 0 Å². The van der Waals surface area contributed by atoms with Crippen molar-refractivity contribution < 1.29 is 37.4 Å². The van der Waals surface area contributed by atoms with Gasteiger partial charge < -0.3 is 39.0 Å². The average molecular weight is 927 g/mol. The summed E-state index contributed by atoms with van der Waals surface area (Å²) in [6, 6.07) is 9.48. The van der Waals surface area contributed by atoms with E-state index in [0.717, 1.165) is 92.4 Å². The van der Waals surface area contributed by atoms with E-state index in [-0.39, 0.29) is 35.1 Å². The minimum absolute atomic E-state index is 0.126. The lowest BCUT2D eigenvalue weighted by Crippen LogP contribution is -2.61. The maximum atomic E-state index is 14.8. The first-order valence-corrected chi connectivity index (χ1v) is 23.7. The van der Waals surface area contributed by atoms with E-state index in [2.05, 4.69) is 31.4 Å². The number of hydrogen-bond donors (Lipinski definition) is 2. The molecule has 1 spiro atoms. The zero-order chi connectivity index (χ0) is 46.2. The third-order valence-corrected chi connectivity index (χ3v) is 16.0. The highest BCUT2D eigenvalue weighted by atomic mass is 32.1. The number of rotatable bonds is 11. The van der Waals surface area contributed by atoms with E-state index in [4.69, 9.17) is 9.47 Å².